The number of rotatable bonds is 4. The van der Waals surface area contributed by atoms with Crippen molar-refractivity contribution in [3.8, 4) is 5.75 Å². The first-order chi connectivity index (χ1) is 9.13. The Labute approximate surface area is 114 Å². The summed E-state index contributed by atoms with van der Waals surface area (Å²) in [5.41, 5.74) is 1.08. The molecule has 0 bridgehead atoms. The molecule has 1 amide bonds. The minimum absolute atomic E-state index is 0.282. The predicted molar refractivity (Wildman–Crippen MR) is 72.1 cm³/mol. The van der Waals surface area contributed by atoms with Crippen molar-refractivity contribution >= 4 is 29.5 Å². The number of halogens is 1. The topological polar surface area (TPSA) is 71.2 Å². The summed E-state index contributed by atoms with van der Waals surface area (Å²) in [6, 6.07) is 7.95. The molecule has 1 aromatic heterocycles. The van der Waals surface area contributed by atoms with Gasteiger partial charge in [0, 0.05) is 5.02 Å². The lowest BCUT2D eigenvalue weighted by Crippen LogP contribution is -2.13. The first-order valence-electron chi connectivity index (χ1n) is 5.43. The lowest BCUT2D eigenvalue weighted by Gasteiger charge is -2.09. The first kappa shape index (κ1) is 13.2. The number of aldehydes is 1. The van der Waals surface area contributed by atoms with Crippen molar-refractivity contribution in [3.05, 3.63) is 46.7 Å². The predicted octanol–water partition coefficient (Wildman–Crippen LogP) is 2.74. The van der Waals surface area contributed by atoms with Crippen molar-refractivity contribution in [2.75, 3.05) is 12.4 Å². The number of hydrogen-bond acceptors (Lipinski definition) is 3. The van der Waals surface area contributed by atoms with Crippen molar-refractivity contribution in [3.63, 3.8) is 0 Å². The second-order valence-corrected chi connectivity index (χ2v) is 4.18. The van der Waals surface area contributed by atoms with Crippen LogP contribution in [0.15, 0.2) is 30.3 Å². The van der Waals surface area contributed by atoms with E-state index in [0.717, 1.165) is 0 Å². The van der Waals surface area contributed by atoms with Crippen LogP contribution in [-0.2, 0) is 0 Å². The van der Waals surface area contributed by atoms with Crippen LogP contribution in [0.1, 0.15) is 21.0 Å². The van der Waals surface area contributed by atoms with E-state index >= 15 is 0 Å². The Balaban J connectivity index is 2.23. The number of anilines is 1. The van der Waals surface area contributed by atoms with Gasteiger partial charge in [0.25, 0.3) is 5.91 Å². The summed E-state index contributed by atoms with van der Waals surface area (Å²) in [6.45, 7) is 0. The normalized spacial score (nSPS) is 10.0. The van der Waals surface area contributed by atoms with Crippen molar-refractivity contribution in [2.45, 2.75) is 0 Å². The van der Waals surface area contributed by atoms with Gasteiger partial charge in [0.05, 0.1) is 18.5 Å². The van der Waals surface area contributed by atoms with Crippen LogP contribution in [0.5, 0.6) is 5.75 Å². The summed E-state index contributed by atoms with van der Waals surface area (Å²) >= 11 is 5.87. The van der Waals surface area contributed by atoms with Gasteiger partial charge in [0.2, 0.25) is 0 Å². The van der Waals surface area contributed by atoms with E-state index in [4.69, 9.17) is 16.3 Å². The van der Waals surface area contributed by atoms with E-state index < -0.39 is 0 Å². The molecule has 0 aliphatic carbocycles. The van der Waals surface area contributed by atoms with Gasteiger partial charge in [0.15, 0.2) is 6.29 Å². The third kappa shape index (κ3) is 2.95. The zero-order valence-electron chi connectivity index (χ0n) is 10.1. The summed E-state index contributed by atoms with van der Waals surface area (Å²) < 4.78 is 5.12. The van der Waals surface area contributed by atoms with Gasteiger partial charge >= 0.3 is 0 Å². The maximum Gasteiger partial charge on any atom is 0.272 e. The van der Waals surface area contributed by atoms with Gasteiger partial charge < -0.3 is 15.0 Å². The van der Waals surface area contributed by atoms with Gasteiger partial charge in [-0.3, -0.25) is 9.59 Å². The van der Waals surface area contributed by atoms with Crippen LogP contribution in [0.3, 0.4) is 0 Å². The number of methoxy groups -OCH3 is 1. The zero-order chi connectivity index (χ0) is 13.8. The molecule has 98 valence electrons. The number of carbonyl (C=O) groups excluding carboxylic acids is 2. The maximum absolute atomic E-state index is 12.0. The minimum atomic E-state index is -0.381. The Kier molecular flexibility index (Phi) is 3.87. The molecule has 0 radical (unpaired) electrons. The number of ether oxygens (including phenoxy) is 1. The average molecular weight is 279 g/mol. The van der Waals surface area contributed by atoms with Gasteiger partial charge in [-0.05, 0) is 30.3 Å². The largest absolute Gasteiger partial charge is 0.495 e. The molecule has 2 rings (SSSR count). The number of nitrogens with one attached hydrogen (secondary N) is 2. The Morgan fingerprint density at radius 2 is 2.16 bits per heavy atom. The highest BCUT2D eigenvalue weighted by molar-refractivity contribution is 6.31. The molecule has 0 atom stereocenters. The highest BCUT2D eigenvalue weighted by Gasteiger charge is 2.11. The standard InChI is InChI=1S/C13H11ClN2O3/c1-19-12-5-2-8(14)6-11(12)16-13(18)10-4-3-9(7-17)15-10/h2-7,15H,1H3,(H,16,18). The van der Waals surface area contributed by atoms with Crippen LogP contribution < -0.4 is 10.1 Å². The summed E-state index contributed by atoms with van der Waals surface area (Å²) in [5, 5.41) is 3.14. The van der Waals surface area contributed by atoms with Crippen LogP contribution in [0.2, 0.25) is 5.02 Å². The van der Waals surface area contributed by atoms with Crippen LogP contribution >= 0.6 is 11.6 Å². The molecular formula is C13H11ClN2O3. The van der Waals surface area contributed by atoms with Crippen LogP contribution in [0.25, 0.3) is 0 Å². The molecule has 0 unspecified atom stereocenters. The molecule has 1 heterocycles. The second-order valence-electron chi connectivity index (χ2n) is 3.74. The number of aromatic nitrogens is 1. The van der Waals surface area contributed by atoms with Crippen molar-refractivity contribution in [1.82, 2.24) is 4.98 Å². The van der Waals surface area contributed by atoms with Gasteiger partial charge in [-0.25, -0.2) is 0 Å². The van der Waals surface area contributed by atoms with E-state index in [1.165, 1.54) is 19.2 Å². The quantitative estimate of drug-likeness (QED) is 0.845. The second kappa shape index (κ2) is 5.58. The van der Waals surface area contributed by atoms with Gasteiger partial charge in [0.1, 0.15) is 11.4 Å². The Hall–Kier alpha value is -2.27. The van der Waals surface area contributed by atoms with E-state index in [9.17, 15) is 9.59 Å². The molecule has 0 saturated carbocycles. The molecule has 0 aliphatic rings. The van der Waals surface area contributed by atoms with Gasteiger partial charge in [-0.1, -0.05) is 11.6 Å². The lowest BCUT2D eigenvalue weighted by atomic mass is 10.2. The summed E-state index contributed by atoms with van der Waals surface area (Å²) in [6.07, 6.45) is 0.636. The minimum Gasteiger partial charge on any atom is -0.495 e. The van der Waals surface area contributed by atoms with Crippen molar-refractivity contribution < 1.29 is 14.3 Å². The van der Waals surface area contributed by atoms with Gasteiger partial charge in [-0.15, -0.1) is 0 Å². The maximum atomic E-state index is 12.0. The number of hydrogen-bond donors (Lipinski definition) is 2. The molecule has 0 fully saturated rings. The van der Waals surface area contributed by atoms with E-state index in [2.05, 4.69) is 10.3 Å². The molecule has 0 saturated heterocycles. The molecule has 5 nitrogen and oxygen atoms in total. The highest BCUT2D eigenvalue weighted by atomic mass is 35.5. The average Bonchev–Trinajstić information content (AvgIpc) is 2.88. The monoisotopic (exact) mass is 278 g/mol. The van der Waals surface area contributed by atoms with E-state index in [1.807, 2.05) is 0 Å². The van der Waals surface area contributed by atoms with E-state index in [1.54, 1.807) is 18.2 Å². The Bertz CT molecular complexity index is 622. The van der Waals surface area contributed by atoms with Crippen LogP contribution in [0, 0.1) is 0 Å². The fourth-order valence-corrected chi connectivity index (χ4v) is 1.75. The summed E-state index contributed by atoms with van der Waals surface area (Å²) in [4.78, 5) is 25.2. The van der Waals surface area contributed by atoms with Crippen molar-refractivity contribution in [1.29, 1.82) is 0 Å². The lowest BCUT2D eigenvalue weighted by molar-refractivity contribution is 0.102. The number of benzene rings is 1. The number of aromatic amines is 1. The number of amides is 1. The molecule has 2 N–H and O–H groups in total. The molecule has 1 aromatic carbocycles. The first-order valence-corrected chi connectivity index (χ1v) is 5.81. The molecular weight excluding hydrogens is 268 g/mol. The molecule has 2 aromatic rings. The van der Waals surface area contributed by atoms with E-state index in [0.29, 0.717) is 28.4 Å². The Morgan fingerprint density at radius 3 is 2.79 bits per heavy atom. The third-order valence-corrected chi connectivity index (χ3v) is 2.72. The third-order valence-electron chi connectivity index (χ3n) is 2.49. The van der Waals surface area contributed by atoms with Gasteiger partial charge in [-0.2, -0.15) is 0 Å². The fourth-order valence-electron chi connectivity index (χ4n) is 1.58. The van der Waals surface area contributed by atoms with Crippen LogP contribution in [0.4, 0.5) is 5.69 Å². The SMILES string of the molecule is COc1ccc(Cl)cc1NC(=O)c1ccc(C=O)[nH]1. The zero-order valence-corrected chi connectivity index (χ0v) is 10.8. The molecule has 6 heteroatoms. The van der Waals surface area contributed by atoms with Crippen LogP contribution in [-0.4, -0.2) is 24.3 Å². The number of H-pyrrole nitrogens is 1. The molecule has 19 heavy (non-hydrogen) atoms. The highest BCUT2D eigenvalue weighted by Crippen LogP contribution is 2.27. The van der Waals surface area contributed by atoms with E-state index in [-0.39, 0.29) is 11.6 Å². The summed E-state index contributed by atoms with van der Waals surface area (Å²) in [5.74, 6) is 0.119. The molecule has 0 spiro atoms. The Morgan fingerprint density at radius 1 is 1.37 bits per heavy atom. The fraction of sp³-hybridized carbons (Fsp3) is 0.0769. The number of carbonyl (C=O) groups is 2. The molecule has 0 aliphatic heterocycles. The van der Waals surface area contributed by atoms with Crippen molar-refractivity contribution in [2.24, 2.45) is 0 Å². The smallest absolute Gasteiger partial charge is 0.272 e. The summed E-state index contributed by atoms with van der Waals surface area (Å²) in [7, 11) is 1.50.